The average molecular weight is 241 g/mol. The molecule has 0 unspecified atom stereocenters. The fourth-order valence-electron chi connectivity index (χ4n) is 2.84. The van der Waals surface area contributed by atoms with E-state index < -0.39 is 0 Å². The average Bonchev–Trinajstić information content (AvgIpc) is 2.37. The summed E-state index contributed by atoms with van der Waals surface area (Å²) in [6.07, 6.45) is 1.95. The number of anilines is 2. The van der Waals surface area contributed by atoms with Crippen molar-refractivity contribution < 1.29 is 0 Å². The van der Waals surface area contributed by atoms with Crippen LogP contribution in [-0.4, -0.2) is 23.6 Å². The Morgan fingerprint density at radius 3 is 2.89 bits per heavy atom. The molecule has 3 heteroatoms. The van der Waals surface area contributed by atoms with Crippen LogP contribution >= 0.6 is 0 Å². The topological polar surface area (TPSA) is 28.2 Å². The molecule has 0 bridgehead atoms. The van der Waals surface area contributed by atoms with Crippen molar-refractivity contribution in [3.63, 3.8) is 0 Å². The molecule has 3 rings (SSSR count). The van der Waals surface area contributed by atoms with Crippen molar-refractivity contribution in [2.45, 2.75) is 26.3 Å². The zero-order chi connectivity index (χ0) is 12.8. The lowest BCUT2D eigenvalue weighted by molar-refractivity contribution is 0.482. The highest BCUT2D eigenvalue weighted by Gasteiger charge is 2.32. The van der Waals surface area contributed by atoms with Crippen molar-refractivity contribution in [2.24, 2.45) is 0 Å². The van der Waals surface area contributed by atoms with Crippen LogP contribution in [0.1, 0.15) is 20.8 Å². The van der Waals surface area contributed by atoms with E-state index in [1.165, 1.54) is 11.1 Å². The van der Waals surface area contributed by atoms with E-state index in [1.807, 2.05) is 12.3 Å². The number of likely N-dealkylation sites (N-methyl/N-ethyl adjacent to an activating group) is 1. The number of hydrogen-bond acceptors (Lipinski definition) is 3. The minimum absolute atomic E-state index is 0.131. The third-order valence-corrected chi connectivity index (χ3v) is 3.78. The van der Waals surface area contributed by atoms with Crippen LogP contribution in [0.4, 0.5) is 11.4 Å². The molecular formula is C15H19N3. The number of nitrogens with zero attached hydrogens (tertiary/aromatic N) is 2. The molecule has 2 aromatic rings. The van der Waals surface area contributed by atoms with Gasteiger partial charge >= 0.3 is 0 Å². The summed E-state index contributed by atoms with van der Waals surface area (Å²) >= 11 is 0. The Morgan fingerprint density at radius 2 is 2.11 bits per heavy atom. The lowest BCUT2D eigenvalue weighted by Crippen LogP contribution is -2.52. The van der Waals surface area contributed by atoms with Crippen LogP contribution in [0.5, 0.6) is 0 Å². The maximum absolute atomic E-state index is 4.52. The first-order valence-electron chi connectivity index (χ1n) is 6.53. The fourth-order valence-corrected chi connectivity index (χ4v) is 2.84. The number of hydrogen-bond donors (Lipinski definition) is 1. The monoisotopic (exact) mass is 241 g/mol. The van der Waals surface area contributed by atoms with E-state index in [2.05, 4.69) is 54.2 Å². The Hall–Kier alpha value is -1.77. The molecule has 1 aromatic carbocycles. The smallest absolute Gasteiger partial charge is 0.0772 e. The lowest BCUT2D eigenvalue weighted by atomic mass is 9.96. The van der Waals surface area contributed by atoms with Crippen molar-refractivity contribution in [3.05, 3.63) is 30.5 Å². The highest BCUT2D eigenvalue weighted by molar-refractivity contribution is 5.99. The molecule has 3 nitrogen and oxygen atoms in total. The fraction of sp³-hybridized carbons (Fsp3) is 0.400. The molecule has 0 atom stereocenters. The number of fused-ring (bicyclic) bond motifs is 3. The molecule has 2 heterocycles. The van der Waals surface area contributed by atoms with Gasteiger partial charge in [0.25, 0.3) is 0 Å². The van der Waals surface area contributed by atoms with E-state index in [0.717, 1.165) is 24.3 Å². The van der Waals surface area contributed by atoms with Crippen molar-refractivity contribution in [2.75, 3.05) is 23.3 Å². The second-order valence-electron chi connectivity index (χ2n) is 5.45. The second-order valence-corrected chi connectivity index (χ2v) is 5.45. The van der Waals surface area contributed by atoms with Gasteiger partial charge in [-0.3, -0.25) is 4.98 Å². The molecule has 0 fully saturated rings. The van der Waals surface area contributed by atoms with Gasteiger partial charge < -0.3 is 10.2 Å². The van der Waals surface area contributed by atoms with E-state index in [9.17, 15) is 0 Å². The standard InChI is InChI=1S/C15H19N3/c1-4-18-14-11-7-5-6-8-12(11)16-9-13(14)17-10-15(18,2)3/h5-9,17H,4,10H2,1-3H3. The van der Waals surface area contributed by atoms with E-state index in [0.29, 0.717) is 0 Å². The van der Waals surface area contributed by atoms with Crippen LogP contribution in [0, 0.1) is 0 Å². The molecule has 1 N–H and O–H groups in total. The van der Waals surface area contributed by atoms with E-state index in [4.69, 9.17) is 0 Å². The summed E-state index contributed by atoms with van der Waals surface area (Å²) < 4.78 is 0. The van der Waals surface area contributed by atoms with Crippen molar-refractivity contribution in [1.29, 1.82) is 0 Å². The Morgan fingerprint density at radius 1 is 1.33 bits per heavy atom. The van der Waals surface area contributed by atoms with Crippen LogP contribution in [0.2, 0.25) is 0 Å². The molecule has 0 spiro atoms. The van der Waals surface area contributed by atoms with Crippen LogP contribution < -0.4 is 10.2 Å². The molecule has 0 amide bonds. The highest BCUT2D eigenvalue weighted by atomic mass is 15.3. The minimum atomic E-state index is 0.131. The van der Waals surface area contributed by atoms with Gasteiger partial charge in [0.2, 0.25) is 0 Å². The van der Waals surface area contributed by atoms with Crippen molar-refractivity contribution >= 4 is 22.3 Å². The molecule has 1 aliphatic heterocycles. The van der Waals surface area contributed by atoms with Gasteiger partial charge in [-0.25, -0.2) is 0 Å². The Labute approximate surface area is 108 Å². The molecule has 0 saturated heterocycles. The Bertz CT molecular complexity index is 589. The summed E-state index contributed by atoms with van der Waals surface area (Å²) in [5.41, 5.74) is 3.63. The minimum Gasteiger partial charge on any atom is -0.380 e. The second kappa shape index (κ2) is 3.87. The van der Waals surface area contributed by atoms with Gasteiger partial charge in [-0.2, -0.15) is 0 Å². The van der Waals surface area contributed by atoms with Gasteiger partial charge in [0.05, 0.1) is 28.6 Å². The van der Waals surface area contributed by atoms with Crippen molar-refractivity contribution in [3.8, 4) is 0 Å². The maximum atomic E-state index is 4.52. The summed E-state index contributed by atoms with van der Waals surface area (Å²) in [5.74, 6) is 0. The molecular weight excluding hydrogens is 222 g/mol. The third kappa shape index (κ3) is 1.54. The molecule has 1 aromatic heterocycles. The van der Waals surface area contributed by atoms with Gasteiger partial charge in [-0.15, -0.1) is 0 Å². The Balaban J connectivity index is 2.30. The highest BCUT2D eigenvalue weighted by Crippen LogP contribution is 2.40. The van der Waals surface area contributed by atoms with Gasteiger partial charge in [0.1, 0.15) is 0 Å². The van der Waals surface area contributed by atoms with Crippen molar-refractivity contribution in [1.82, 2.24) is 4.98 Å². The van der Waals surface area contributed by atoms with Gasteiger partial charge in [0.15, 0.2) is 0 Å². The molecule has 0 radical (unpaired) electrons. The maximum Gasteiger partial charge on any atom is 0.0772 e. The first-order chi connectivity index (χ1) is 8.63. The summed E-state index contributed by atoms with van der Waals surface area (Å²) in [6.45, 7) is 8.74. The SMILES string of the molecule is CCN1c2c(cnc3ccccc23)NCC1(C)C. The van der Waals surface area contributed by atoms with Gasteiger partial charge in [-0.1, -0.05) is 18.2 Å². The number of rotatable bonds is 1. The van der Waals surface area contributed by atoms with E-state index >= 15 is 0 Å². The number of pyridine rings is 1. The zero-order valence-corrected chi connectivity index (χ0v) is 11.2. The number of nitrogens with one attached hydrogen (secondary N) is 1. The summed E-state index contributed by atoms with van der Waals surface area (Å²) in [5, 5.41) is 4.74. The molecule has 1 aliphatic rings. The van der Waals surface area contributed by atoms with Crippen LogP contribution in [0.15, 0.2) is 30.5 Å². The molecule has 0 saturated carbocycles. The predicted molar refractivity (Wildman–Crippen MR) is 77.3 cm³/mol. The van der Waals surface area contributed by atoms with Gasteiger partial charge in [0, 0.05) is 18.5 Å². The number of aromatic nitrogens is 1. The summed E-state index contributed by atoms with van der Waals surface area (Å²) in [7, 11) is 0. The molecule has 94 valence electrons. The Kier molecular flexibility index (Phi) is 2.44. The third-order valence-electron chi connectivity index (χ3n) is 3.78. The largest absolute Gasteiger partial charge is 0.380 e. The summed E-state index contributed by atoms with van der Waals surface area (Å²) in [4.78, 5) is 7.00. The van der Waals surface area contributed by atoms with Crippen LogP contribution in [0.3, 0.4) is 0 Å². The van der Waals surface area contributed by atoms with Crippen LogP contribution in [0.25, 0.3) is 10.9 Å². The number of benzene rings is 1. The zero-order valence-electron chi connectivity index (χ0n) is 11.2. The first kappa shape index (κ1) is 11.3. The number of para-hydroxylation sites is 1. The molecule has 0 aliphatic carbocycles. The predicted octanol–water partition coefficient (Wildman–Crippen LogP) is 3.27. The van der Waals surface area contributed by atoms with Gasteiger partial charge in [-0.05, 0) is 26.8 Å². The first-order valence-corrected chi connectivity index (χ1v) is 6.53. The van der Waals surface area contributed by atoms with E-state index in [1.54, 1.807) is 0 Å². The van der Waals surface area contributed by atoms with Crippen LogP contribution in [-0.2, 0) is 0 Å². The normalized spacial score (nSPS) is 17.4. The molecule has 18 heavy (non-hydrogen) atoms. The quantitative estimate of drug-likeness (QED) is 0.830. The van der Waals surface area contributed by atoms with E-state index in [-0.39, 0.29) is 5.54 Å². The summed E-state index contributed by atoms with van der Waals surface area (Å²) in [6, 6.07) is 8.36. The lowest BCUT2D eigenvalue weighted by Gasteiger charge is -2.45.